The number of carbonyl (C=O) groups is 1. The van der Waals surface area contributed by atoms with Crippen molar-refractivity contribution in [2.75, 3.05) is 5.32 Å². The maximum Gasteiger partial charge on any atom is 0.488 e. The highest BCUT2D eigenvalue weighted by atomic mass is 32.3. The van der Waals surface area contributed by atoms with Crippen molar-refractivity contribution < 1.29 is 26.0 Å². The summed E-state index contributed by atoms with van der Waals surface area (Å²) in [6.45, 7) is 6.60. The molecule has 0 aromatic heterocycles. The van der Waals surface area contributed by atoms with Crippen molar-refractivity contribution in [1.82, 2.24) is 0 Å². The Balaban J connectivity index is 3.14. The number of hydrogen-bond acceptors (Lipinski definition) is 6. The van der Waals surface area contributed by atoms with Crippen LogP contribution in [0.25, 0.3) is 0 Å². The molecule has 0 saturated carbocycles. The largest absolute Gasteiger partial charge is 0.488 e. The van der Waals surface area contributed by atoms with Gasteiger partial charge in [0.1, 0.15) is 5.60 Å². The molecular formula is C13H19FN2O5S. The van der Waals surface area contributed by atoms with Crippen LogP contribution in [0.4, 0.5) is 14.4 Å². The summed E-state index contributed by atoms with van der Waals surface area (Å²) < 4.78 is 43.3. The van der Waals surface area contributed by atoms with E-state index in [-0.39, 0.29) is 23.5 Å². The van der Waals surface area contributed by atoms with E-state index in [1.54, 1.807) is 20.8 Å². The van der Waals surface area contributed by atoms with Gasteiger partial charge < -0.3 is 14.7 Å². The molecule has 3 N–H and O–H groups in total. The Morgan fingerprint density at radius 2 is 1.95 bits per heavy atom. The van der Waals surface area contributed by atoms with Gasteiger partial charge in [0.15, 0.2) is 5.75 Å². The van der Waals surface area contributed by atoms with Crippen molar-refractivity contribution in [1.29, 1.82) is 0 Å². The first-order chi connectivity index (χ1) is 9.91. The van der Waals surface area contributed by atoms with Crippen LogP contribution in [0.15, 0.2) is 12.1 Å². The number of carbonyl (C=O) groups excluding carboxylic acids is 1. The molecule has 0 heterocycles. The standard InChI is InChI=1S/C13H19FN2O5S/c1-8-10(16-12(17)20-13(2,3)4)5-9(7-15)6-11(8)21-22(14,18)19/h5-6H,7,15H2,1-4H3,(H,16,17). The summed E-state index contributed by atoms with van der Waals surface area (Å²) in [5.41, 5.74) is 5.69. The summed E-state index contributed by atoms with van der Waals surface area (Å²) >= 11 is 0. The third-order valence-corrected chi connectivity index (χ3v) is 2.86. The minimum absolute atomic E-state index is 0.0476. The van der Waals surface area contributed by atoms with Crippen molar-refractivity contribution in [3.8, 4) is 5.75 Å². The first-order valence-electron chi connectivity index (χ1n) is 6.39. The lowest BCUT2D eigenvalue weighted by Gasteiger charge is -2.20. The highest BCUT2D eigenvalue weighted by Gasteiger charge is 2.20. The minimum Gasteiger partial charge on any atom is -0.444 e. The van der Waals surface area contributed by atoms with Crippen molar-refractivity contribution >= 4 is 22.3 Å². The lowest BCUT2D eigenvalue weighted by Crippen LogP contribution is -2.27. The summed E-state index contributed by atoms with van der Waals surface area (Å²) in [6, 6.07) is 2.81. The second-order valence-corrected chi connectivity index (χ2v) is 6.53. The normalized spacial score (nSPS) is 11.9. The van der Waals surface area contributed by atoms with Crippen molar-refractivity contribution in [3.63, 3.8) is 0 Å². The minimum atomic E-state index is -5.18. The Hall–Kier alpha value is -1.87. The topological polar surface area (TPSA) is 108 Å². The molecule has 1 amide bonds. The van der Waals surface area contributed by atoms with E-state index in [0.29, 0.717) is 5.56 Å². The summed E-state index contributed by atoms with van der Waals surface area (Å²) in [7, 11) is -5.18. The number of nitrogens with one attached hydrogen (secondary N) is 1. The molecule has 0 bridgehead atoms. The van der Waals surface area contributed by atoms with E-state index in [4.69, 9.17) is 10.5 Å². The van der Waals surface area contributed by atoms with Crippen LogP contribution in [0.3, 0.4) is 0 Å². The van der Waals surface area contributed by atoms with Crippen LogP contribution in [0.5, 0.6) is 5.75 Å². The van der Waals surface area contributed by atoms with E-state index < -0.39 is 22.2 Å². The lowest BCUT2D eigenvalue weighted by atomic mass is 10.1. The van der Waals surface area contributed by atoms with Gasteiger partial charge in [0.05, 0.1) is 5.69 Å². The molecule has 1 aromatic carbocycles. The van der Waals surface area contributed by atoms with Gasteiger partial charge in [-0.15, -0.1) is 0 Å². The summed E-state index contributed by atoms with van der Waals surface area (Å²) in [5.74, 6) is -0.253. The van der Waals surface area contributed by atoms with Crippen molar-refractivity contribution in [2.24, 2.45) is 5.73 Å². The molecule has 22 heavy (non-hydrogen) atoms. The second kappa shape index (κ2) is 6.49. The maximum atomic E-state index is 12.7. The molecular weight excluding hydrogens is 315 g/mol. The monoisotopic (exact) mass is 334 g/mol. The molecule has 9 heteroatoms. The number of rotatable bonds is 4. The van der Waals surface area contributed by atoms with Crippen LogP contribution in [0.1, 0.15) is 31.9 Å². The van der Waals surface area contributed by atoms with Gasteiger partial charge in [-0.1, -0.05) is 3.89 Å². The number of nitrogens with two attached hydrogens (primary N) is 1. The fraction of sp³-hybridized carbons (Fsp3) is 0.462. The highest BCUT2D eigenvalue weighted by molar-refractivity contribution is 7.81. The maximum absolute atomic E-state index is 12.7. The van der Waals surface area contributed by atoms with Gasteiger partial charge in [0.2, 0.25) is 0 Å². The lowest BCUT2D eigenvalue weighted by molar-refractivity contribution is 0.0636. The second-order valence-electron chi connectivity index (χ2n) is 5.57. The zero-order valence-electron chi connectivity index (χ0n) is 12.8. The summed E-state index contributed by atoms with van der Waals surface area (Å²) in [5, 5.41) is 2.45. The van der Waals surface area contributed by atoms with Gasteiger partial charge in [-0.2, -0.15) is 8.42 Å². The molecule has 0 saturated heterocycles. The fourth-order valence-electron chi connectivity index (χ4n) is 1.60. The zero-order valence-corrected chi connectivity index (χ0v) is 13.6. The van der Waals surface area contributed by atoms with Gasteiger partial charge >= 0.3 is 16.6 Å². The van der Waals surface area contributed by atoms with Crippen LogP contribution >= 0.6 is 0 Å². The number of amides is 1. The van der Waals surface area contributed by atoms with Gasteiger partial charge in [0.25, 0.3) is 0 Å². The molecule has 124 valence electrons. The molecule has 0 atom stereocenters. The molecule has 0 fully saturated rings. The average Bonchev–Trinajstić information content (AvgIpc) is 2.29. The third-order valence-electron chi connectivity index (χ3n) is 2.48. The molecule has 0 radical (unpaired) electrons. The van der Waals surface area contributed by atoms with E-state index >= 15 is 0 Å². The number of anilines is 1. The number of hydrogen-bond donors (Lipinski definition) is 2. The van der Waals surface area contributed by atoms with E-state index in [1.807, 2.05) is 0 Å². The predicted octanol–water partition coefficient (Wildman–Crippen LogP) is 2.39. The smallest absolute Gasteiger partial charge is 0.444 e. The van der Waals surface area contributed by atoms with Gasteiger partial charge in [0, 0.05) is 12.1 Å². The first kappa shape index (κ1) is 18.2. The molecule has 7 nitrogen and oxygen atoms in total. The van der Waals surface area contributed by atoms with Crippen molar-refractivity contribution in [2.45, 2.75) is 39.8 Å². The van der Waals surface area contributed by atoms with Crippen molar-refractivity contribution in [3.05, 3.63) is 23.3 Å². The Labute approximate surface area is 129 Å². The third kappa shape index (κ3) is 5.86. The SMILES string of the molecule is Cc1c(NC(=O)OC(C)(C)C)cc(CN)cc1OS(=O)(=O)F. The molecule has 0 aliphatic rings. The molecule has 1 rings (SSSR count). The van der Waals surface area contributed by atoms with Gasteiger partial charge in [-0.25, -0.2) is 4.79 Å². The van der Waals surface area contributed by atoms with E-state index in [2.05, 4.69) is 9.50 Å². The van der Waals surface area contributed by atoms with Crippen LogP contribution in [0.2, 0.25) is 0 Å². The Kier molecular flexibility index (Phi) is 5.36. The predicted molar refractivity (Wildman–Crippen MR) is 79.6 cm³/mol. The van der Waals surface area contributed by atoms with Crippen LogP contribution in [-0.2, 0) is 21.8 Å². The van der Waals surface area contributed by atoms with Gasteiger partial charge in [-0.05, 0) is 45.4 Å². The van der Waals surface area contributed by atoms with E-state index in [9.17, 15) is 17.1 Å². The Bertz CT molecular complexity index is 668. The van der Waals surface area contributed by atoms with Crippen LogP contribution in [-0.4, -0.2) is 20.1 Å². The Morgan fingerprint density at radius 3 is 2.41 bits per heavy atom. The van der Waals surface area contributed by atoms with Crippen LogP contribution in [0, 0.1) is 6.92 Å². The number of ether oxygens (including phenoxy) is 1. The average molecular weight is 334 g/mol. The fourth-order valence-corrected chi connectivity index (χ4v) is 1.99. The van der Waals surface area contributed by atoms with Gasteiger partial charge in [-0.3, -0.25) is 5.32 Å². The molecule has 0 unspecified atom stereocenters. The first-order valence-corrected chi connectivity index (χ1v) is 7.70. The molecule has 0 aliphatic heterocycles. The highest BCUT2D eigenvalue weighted by Crippen LogP contribution is 2.29. The Morgan fingerprint density at radius 1 is 1.36 bits per heavy atom. The zero-order chi connectivity index (χ0) is 17.1. The number of benzene rings is 1. The quantitative estimate of drug-likeness (QED) is 0.819. The number of halogens is 1. The molecule has 0 aliphatic carbocycles. The van der Waals surface area contributed by atoms with E-state index in [0.717, 1.165) is 0 Å². The molecule has 0 spiro atoms. The van der Waals surface area contributed by atoms with Crippen LogP contribution < -0.4 is 15.2 Å². The molecule has 1 aromatic rings. The summed E-state index contributed by atoms with van der Waals surface area (Å²) in [6.07, 6.45) is -0.737. The summed E-state index contributed by atoms with van der Waals surface area (Å²) in [4.78, 5) is 11.8. The van der Waals surface area contributed by atoms with E-state index in [1.165, 1.54) is 19.1 Å².